The van der Waals surface area contributed by atoms with E-state index in [1.807, 2.05) is 36.6 Å². The first kappa shape index (κ1) is 18.1. The Morgan fingerprint density at radius 1 is 1.14 bits per heavy atom. The molecule has 28 heavy (non-hydrogen) atoms. The zero-order chi connectivity index (χ0) is 19.7. The Morgan fingerprint density at radius 3 is 2.46 bits per heavy atom. The fraction of sp³-hybridized carbons (Fsp3) is 0.143. The van der Waals surface area contributed by atoms with Crippen molar-refractivity contribution in [1.29, 1.82) is 0 Å². The van der Waals surface area contributed by atoms with E-state index in [4.69, 9.17) is 0 Å². The monoisotopic (exact) mass is 391 g/mol. The Labute approximate surface area is 165 Å². The number of aryl methyl sites for hydroxylation is 1. The molecule has 3 aromatic rings. The second-order valence-electron chi connectivity index (χ2n) is 6.61. The third-order valence-corrected chi connectivity index (χ3v) is 5.63. The van der Waals surface area contributed by atoms with Crippen molar-refractivity contribution >= 4 is 28.6 Å². The summed E-state index contributed by atoms with van der Waals surface area (Å²) in [5, 5.41) is 19.0. The molecule has 0 saturated heterocycles. The van der Waals surface area contributed by atoms with Crippen LogP contribution in [0.1, 0.15) is 38.8 Å². The fourth-order valence-electron chi connectivity index (χ4n) is 3.20. The Bertz CT molecular complexity index is 1040. The van der Waals surface area contributed by atoms with Crippen LogP contribution in [-0.2, 0) is 0 Å². The SMILES string of the molecule is Cc1ccc(C(=O)N2N=C(c3cccs3)CC2c2ccc([N+](=O)[O-])cc2)cc1. The fourth-order valence-corrected chi connectivity index (χ4v) is 3.92. The molecule has 0 saturated carbocycles. The van der Waals surface area contributed by atoms with Gasteiger partial charge in [0.15, 0.2) is 0 Å². The zero-order valence-electron chi connectivity index (χ0n) is 15.1. The number of non-ortho nitro benzene ring substituents is 1. The number of hydrogen-bond donors (Lipinski definition) is 0. The number of rotatable bonds is 4. The third kappa shape index (κ3) is 3.44. The van der Waals surface area contributed by atoms with E-state index >= 15 is 0 Å². The number of benzene rings is 2. The summed E-state index contributed by atoms with van der Waals surface area (Å²) in [4.78, 5) is 24.7. The lowest BCUT2D eigenvalue weighted by atomic mass is 10.0. The summed E-state index contributed by atoms with van der Waals surface area (Å²) in [7, 11) is 0. The first-order chi connectivity index (χ1) is 13.5. The predicted molar refractivity (Wildman–Crippen MR) is 109 cm³/mol. The number of carbonyl (C=O) groups is 1. The summed E-state index contributed by atoms with van der Waals surface area (Å²) in [6, 6.07) is 17.3. The molecule has 1 aromatic heterocycles. The van der Waals surface area contributed by atoms with Crippen molar-refractivity contribution in [2.45, 2.75) is 19.4 Å². The molecule has 1 amide bonds. The summed E-state index contributed by atoms with van der Waals surface area (Å²) in [5.41, 5.74) is 3.33. The van der Waals surface area contributed by atoms with Gasteiger partial charge in [-0.05, 0) is 36.1 Å². The average Bonchev–Trinajstić information content (AvgIpc) is 3.38. The topological polar surface area (TPSA) is 75.8 Å². The number of thiophene rings is 1. The smallest absolute Gasteiger partial charge is 0.267 e. The molecule has 0 aliphatic carbocycles. The van der Waals surface area contributed by atoms with Gasteiger partial charge in [-0.2, -0.15) is 5.10 Å². The van der Waals surface area contributed by atoms with Gasteiger partial charge in [0.1, 0.15) is 0 Å². The lowest BCUT2D eigenvalue weighted by Crippen LogP contribution is -2.27. The largest absolute Gasteiger partial charge is 0.274 e. The Morgan fingerprint density at radius 2 is 1.86 bits per heavy atom. The second-order valence-corrected chi connectivity index (χ2v) is 7.56. The zero-order valence-corrected chi connectivity index (χ0v) is 15.9. The van der Waals surface area contributed by atoms with Crippen LogP contribution >= 0.6 is 11.3 Å². The van der Waals surface area contributed by atoms with Crippen molar-refractivity contribution in [2.75, 3.05) is 0 Å². The van der Waals surface area contributed by atoms with E-state index in [0.717, 1.165) is 21.7 Å². The first-order valence-electron chi connectivity index (χ1n) is 8.79. The van der Waals surface area contributed by atoms with Gasteiger partial charge in [0.25, 0.3) is 11.6 Å². The number of hydrazone groups is 1. The molecule has 0 N–H and O–H groups in total. The molecule has 0 bridgehead atoms. The van der Waals surface area contributed by atoms with Crippen molar-refractivity contribution in [1.82, 2.24) is 5.01 Å². The molecule has 4 rings (SSSR count). The van der Waals surface area contributed by atoms with Gasteiger partial charge in [-0.1, -0.05) is 35.9 Å². The van der Waals surface area contributed by atoms with E-state index < -0.39 is 4.92 Å². The molecule has 140 valence electrons. The number of nitrogens with zero attached hydrogens (tertiary/aromatic N) is 3. The molecule has 6 nitrogen and oxygen atoms in total. The van der Waals surface area contributed by atoms with Gasteiger partial charge >= 0.3 is 0 Å². The Balaban J connectivity index is 1.70. The first-order valence-corrected chi connectivity index (χ1v) is 9.67. The van der Waals surface area contributed by atoms with Crippen LogP contribution in [0.25, 0.3) is 0 Å². The minimum absolute atomic E-state index is 0.0255. The summed E-state index contributed by atoms with van der Waals surface area (Å²) in [5.74, 6) is -0.185. The molecule has 1 aliphatic rings. The molecule has 1 aliphatic heterocycles. The number of nitro benzene ring substituents is 1. The van der Waals surface area contributed by atoms with Gasteiger partial charge < -0.3 is 0 Å². The molecule has 0 spiro atoms. The highest BCUT2D eigenvalue weighted by Gasteiger charge is 2.34. The van der Waals surface area contributed by atoms with Crippen molar-refractivity contribution < 1.29 is 9.72 Å². The quantitative estimate of drug-likeness (QED) is 0.466. The Hall–Kier alpha value is -3.32. The van der Waals surface area contributed by atoms with E-state index in [1.54, 1.807) is 35.6 Å². The van der Waals surface area contributed by atoms with Crippen molar-refractivity contribution in [2.24, 2.45) is 5.10 Å². The van der Waals surface area contributed by atoms with Crippen LogP contribution in [0, 0.1) is 17.0 Å². The van der Waals surface area contributed by atoms with Gasteiger partial charge in [-0.25, -0.2) is 5.01 Å². The highest BCUT2D eigenvalue weighted by atomic mass is 32.1. The highest BCUT2D eigenvalue weighted by molar-refractivity contribution is 7.12. The molecule has 2 aromatic carbocycles. The molecule has 0 fully saturated rings. The van der Waals surface area contributed by atoms with Crippen molar-refractivity contribution in [3.05, 3.63) is 97.7 Å². The maximum absolute atomic E-state index is 13.1. The Kier molecular flexibility index (Phi) is 4.75. The minimum Gasteiger partial charge on any atom is -0.267 e. The summed E-state index contributed by atoms with van der Waals surface area (Å²) in [6.07, 6.45) is 0.565. The number of amides is 1. The standard InChI is InChI=1S/C21H17N3O3S/c1-14-4-6-16(7-5-14)21(25)23-19(13-18(22-23)20-3-2-12-28-20)15-8-10-17(11-9-15)24(26)27/h2-12,19H,13H2,1H3. The maximum atomic E-state index is 13.1. The summed E-state index contributed by atoms with van der Waals surface area (Å²) in [6.45, 7) is 1.97. The van der Waals surface area contributed by atoms with Crippen LogP contribution in [-0.4, -0.2) is 21.6 Å². The molecule has 2 heterocycles. The van der Waals surface area contributed by atoms with Crippen LogP contribution in [0.4, 0.5) is 5.69 Å². The van der Waals surface area contributed by atoms with Crippen LogP contribution < -0.4 is 0 Å². The summed E-state index contributed by atoms with van der Waals surface area (Å²) >= 11 is 1.58. The van der Waals surface area contributed by atoms with Gasteiger partial charge in [0, 0.05) is 24.1 Å². The second kappa shape index (κ2) is 7.36. The van der Waals surface area contributed by atoms with Crippen LogP contribution in [0.15, 0.2) is 71.1 Å². The molecular weight excluding hydrogens is 374 g/mol. The molecule has 0 radical (unpaired) electrons. The van der Waals surface area contributed by atoms with Crippen LogP contribution in [0.2, 0.25) is 0 Å². The lowest BCUT2D eigenvalue weighted by Gasteiger charge is -2.22. The van der Waals surface area contributed by atoms with Gasteiger partial charge in [-0.3, -0.25) is 14.9 Å². The van der Waals surface area contributed by atoms with E-state index in [0.29, 0.717) is 12.0 Å². The van der Waals surface area contributed by atoms with Crippen LogP contribution in [0.5, 0.6) is 0 Å². The number of nitro groups is 1. The highest BCUT2D eigenvalue weighted by Crippen LogP contribution is 2.35. The van der Waals surface area contributed by atoms with Gasteiger partial charge in [0.05, 0.1) is 21.6 Å². The van der Waals surface area contributed by atoms with Gasteiger partial charge in [0.2, 0.25) is 0 Å². The maximum Gasteiger partial charge on any atom is 0.274 e. The van der Waals surface area contributed by atoms with E-state index in [1.165, 1.54) is 17.1 Å². The molecular formula is C21H17N3O3S. The number of carbonyl (C=O) groups excluding carboxylic acids is 1. The van der Waals surface area contributed by atoms with E-state index in [-0.39, 0.29) is 17.6 Å². The molecule has 7 heteroatoms. The van der Waals surface area contributed by atoms with E-state index in [2.05, 4.69) is 5.10 Å². The number of hydrogen-bond acceptors (Lipinski definition) is 5. The normalized spacial score (nSPS) is 16.1. The van der Waals surface area contributed by atoms with Crippen molar-refractivity contribution in [3.8, 4) is 0 Å². The predicted octanol–water partition coefficient (Wildman–Crippen LogP) is 4.96. The van der Waals surface area contributed by atoms with Crippen LogP contribution in [0.3, 0.4) is 0 Å². The van der Waals surface area contributed by atoms with Crippen molar-refractivity contribution in [3.63, 3.8) is 0 Å². The third-order valence-electron chi connectivity index (χ3n) is 4.71. The average molecular weight is 391 g/mol. The minimum atomic E-state index is -0.429. The van der Waals surface area contributed by atoms with E-state index in [9.17, 15) is 14.9 Å². The summed E-state index contributed by atoms with van der Waals surface area (Å²) < 4.78 is 0. The van der Waals surface area contributed by atoms with Gasteiger partial charge in [-0.15, -0.1) is 11.3 Å². The molecule has 1 atom stereocenters. The lowest BCUT2D eigenvalue weighted by molar-refractivity contribution is -0.384. The molecule has 1 unspecified atom stereocenters.